The summed E-state index contributed by atoms with van der Waals surface area (Å²) < 4.78 is 6.38. The molecule has 9 heteroatoms. The zero-order valence-corrected chi connectivity index (χ0v) is 16.6. The molecule has 0 aliphatic heterocycles. The molecule has 0 saturated carbocycles. The molecule has 1 heterocycles. The fraction of sp³-hybridized carbons (Fsp3) is 0.158. The van der Waals surface area contributed by atoms with Crippen LogP contribution in [0.5, 0.6) is 0 Å². The van der Waals surface area contributed by atoms with Crippen LogP contribution in [0.1, 0.15) is 10.4 Å². The highest BCUT2D eigenvalue weighted by atomic mass is 32.2. The molecule has 2 aromatic carbocycles. The highest BCUT2D eigenvalue weighted by molar-refractivity contribution is 8.01. The lowest BCUT2D eigenvalue weighted by Crippen LogP contribution is -2.30. The Balaban J connectivity index is 1.55. The normalized spacial score (nSPS) is 10.5. The SMILES string of the molecule is COC(=O)CNC(=O)c1cccc(NC(=O)CSc2nc3ccccc3s2)c1. The summed E-state index contributed by atoms with van der Waals surface area (Å²) in [7, 11) is 1.25. The molecule has 0 radical (unpaired) electrons. The van der Waals surface area contributed by atoms with E-state index in [0.717, 1.165) is 14.6 Å². The Labute approximate surface area is 169 Å². The maximum absolute atomic E-state index is 12.2. The minimum atomic E-state index is -0.537. The second-order valence-corrected chi connectivity index (χ2v) is 7.88. The lowest BCUT2D eigenvalue weighted by molar-refractivity contribution is -0.139. The molecule has 0 saturated heterocycles. The second-order valence-electron chi connectivity index (χ2n) is 5.62. The Morgan fingerprint density at radius 2 is 1.96 bits per heavy atom. The molecule has 1 aromatic heterocycles. The van der Waals surface area contributed by atoms with Crippen LogP contribution in [-0.4, -0.2) is 42.2 Å². The maximum atomic E-state index is 12.2. The molecule has 28 heavy (non-hydrogen) atoms. The number of thiazole rings is 1. The van der Waals surface area contributed by atoms with Crippen molar-refractivity contribution < 1.29 is 19.1 Å². The number of amides is 2. The molecule has 2 amide bonds. The Hall–Kier alpha value is -2.91. The van der Waals surface area contributed by atoms with Crippen molar-refractivity contribution in [2.45, 2.75) is 4.34 Å². The minimum absolute atomic E-state index is 0.198. The smallest absolute Gasteiger partial charge is 0.325 e. The number of hydrogen-bond acceptors (Lipinski definition) is 7. The van der Waals surface area contributed by atoms with Crippen molar-refractivity contribution in [1.29, 1.82) is 0 Å². The van der Waals surface area contributed by atoms with Gasteiger partial charge in [0.2, 0.25) is 5.91 Å². The average molecular weight is 415 g/mol. The van der Waals surface area contributed by atoms with Gasteiger partial charge >= 0.3 is 5.97 Å². The van der Waals surface area contributed by atoms with E-state index in [1.807, 2.05) is 24.3 Å². The largest absolute Gasteiger partial charge is 0.468 e. The lowest BCUT2D eigenvalue weighted by Gasteiger charge is -2.07. The number of benzene rings is 2. The zero-order chi connectivity index (χ0) is 19.9. The first kappa shape index (κ1) is 19.8. The Morgan fingerprint density at radius 1 is 1.14 bits per heavy atom. The number of thioether (sulfide) groups is 1. The molecule has 0 atom stereocenters. The van der Waals surface area contributed by atoms with E-state index in [1.54, 1.807) is 35.6 Å². The van der Waals surface area contributed by atoms with Gasteiger partial charge in [-0.2, -0.15) is 0 Å². The number of fused-ring (bicyclic) bond motifs is 1. The van der Waals surface area contributed by atoms with Gasteiger partial charge < -0.3 is 15.4 Å². The molecule has 3 aromatic rings. The molecular formula is C19H17N3O4S2. The quantitative estimate of drug-likeness (QED) is 0.455. The van der Waals surface area contributed by atoms with E-state index in [4.69, 9.17) is 0 Å². The van der Waals surface area contributed by atoms with Gasteiger partial charge in [-0.3, -0.25) is 14.4 Å². The van der Waals surface area contributed by atoms with Gasteiger partial charge in [0.1, 0.15) is 6.54 Å². The average Bonchev–Trinajstić information content (AvgIpc) is 3.13. The van der Waals surface area contributed by atoms with Crippen LogP contribution in [0.3, 0.4) is 0 Å². The number of methoxy groups -OCH3 is 1. The predicted octanol–water partition coefficient (Wildman–Crippen LogP) is 2.93. The van der Waals surface area contributed by atoms with Gasteiger partial charge in [-0.25, -0.2) is 4.98 Å². The zero-order valence-electron chi connectivity index (χ0n) is 14.9. The Bertz CT molecular complexity index is 986. The summed E-state index contributed by atoms with van der Waals surface area (Å²) >= 11 is 2.91. The summed E-state index contributed by atoms with van der Waals surface area (Å²) in [6, 6.07) is 14.3. The molecule has 0 spiro atoms. The first-order valence-electron chi connectivity index (χ1n) is 8.28. The van der Waals surface area contributed by atoms with Crippen LogP contribution in [0.4, 0.5) is 5.69 Å². The van der Waals surface area contributed by atoms with Gasteiger partial charge in [-0.05, 0) is 30.3 Å². The van der Waals surface area contributed by atoms with E-state index in [1.165, 1.54) is 18.9 Å². The summed E-state index contributed by atoms with van der Waals surface area (Å²) in [6.45, 7) is -0.218. The fourth-order valence-electron chi connectivity index (χ4n) is 2.30. The summed E-state index contributed by atoms with van der Waals surface area (Å²) in [5.74, 6) is -0.954. The molecule has 0 unspecified atom stereocenters. The molecule has 2 N–H and O–H groups in total. The van der Waals surface area contributed by atoms with Crippen LogP contribution in [0, 0.1) is 0 Å². The van der Waals surface area contributed by atoms with E-state index in [2.05, 4.69) is 20.4 Å². The minimum Gasteiger partial charge on any atom is -0.468 e. The van der Waals surface area contributed by atoms with Gasteiger partial charge in [0.05, 0.1) is 23.1 Å². The summed E-state index contributed by atoms with van der Waals surface area (Å²) in [4.78, 5) is 39.9. The molecule has 144 valence electrons. The van der Waals surface area contributed by atoms with Gasteiger partial charge in [0, 0.05) is 11.3 Å². The summed E-state index contributed by atoms with van der Waals surface area (Å²) in [6.07, 6.45) is 0. The van der Waals surface area contributed by atoms with Crippen LogP contribution < -0.4 is 10.6 Å². The highest BCUT2D eigenvalue weighted by Gasteiger charge is 2.11. The Morgan fingerprint density at radius 3 is 2.75 bits per heavy atom. The Kier molecular flexibility index (Phi) is 6.62. The van der Waals surface area contributed by atoms with Crippen LogP contribution in [-0.2, 0) is 14.3 Å². The van der Waals surface area contributed by atoms with Crippen molar-refractivity contribution in [3.05, 3.63) is 54.1 Å². The number of anilines is 1. The molecule has 7 nitrogen and oxygen atoms in total. The van der Waals surface area contributed by atoms with Gasteiger partial charge in [-0.15, -0.1) is 11.3 Å². The number of carbonyl (C=O) groups excluding carboxylic acids is 3. The van der Waals surface area contributed by atoms with Gasteiger partial charge in [-0.1, -0.05) is 30.0 Å². The number of rotatable bonds is 7. The third kappa shape index (κ3) is 5.30. The molecular weight excluding hydrogens is 398 g/mol. The van der Waals surface area contributed by atoms with Gasteiger partial charge in [0.15, 0.2) is 4.34 Å². The van der Waals surface area contributed by atoms with Crippen LogP contribution in [0.2, 0.25) is 0 Å². The molecule has 0 bridgehead atoms. The summed E-state index contributed by atoms with van der Waals surface area (Å²) in [5.41, 5.74) is 1.75. The molecule has 0 aliphatic carbocycles. The number of para-hydroxylation sites is 1. The van der Waals surface area contributed by atoms with E-state index < -0.39 is 11.9 Å². The van der Waals surface area contributed by atoms with Crippen LogP contribution >= 0.6 is 23.1 Å². The van der Waals surface area contributed by atoms with Crippen molar-refractivity contribution in [1.82, 2.24) is 10.3 Å². The van der Waals surface area contributed by atoms with E-state index >= 15 is 0 Å². The first-order valence-corrected chi connectivity index (χ1v) is 10.1. The van der Waals surface area contributed by atoms with Crippen molar-refractivity contribution in [3.63, 3.8) is 0 Å². The highest BCUT2D eigenvalue weighted by Crippen LogP contribution is 2.29. The third-order valence-electron chi connectivity index (χ3n) is 3.63. The maximum Gasteiger partial charge on any atom is 0.325 e. The number of nitrogens with one attached hydrogen (secondary N) is 2. The number of nitrogens with zero attached hydrogens (tertiary/aromatic N) is 1. The van der Waals surface area contributed by atoms with E-state index in [0.29, 0.717) is 11.3 Å². The molecule has 0 aliphatic rings. The third-order valence-corrected chi connectivity index (χ3v) is 5.81. The predicted molar refractivity (Wildman–Crippen MR) is 110 cm³/mol. The standard InChI is InChI=1S/C19H17N3O4S2/c1-26-17(24)10-20-18(25)12-5-4-6-13(9-12)21-16(23)11-27-19-22-14-7-2-3-8-15(14)28-19/h2-9H,10-11H2,1H3,(H,20,25)(H,21,23). The molecule has 3 rings (SSSR count). The molecule has 0 fully saturated rings. The summed E-state index contributed by atoms with van der Waals surface area (Å²) in [5, 5.41) is 5.22. The van der Waals surface area contributed by atoms with Crippen LogP contribution in [0.25, 0.3) is 10.2 Å². The second kappa shape index (κ2) is 9.34. The van der Waals surface area contributed by atoms with Crippen molar-refractivity contribution >= 4 is 56.8 Å². The number of esters is 1. The lowest BCUT2D eigenvalue weighted by atomic mass is 10.2. The van der Waals surface area contributed by atoms with Gasteiger partial charge in [0.25, 0.3) is 5.91 Å². The van der Waals surface area contributed by atoms with Crippen molar-refractivity contribution in [2.75, 3.05) is 24.7 Å². The number of ether oxygens (including phenoxy) is 1. The number of aromatic nitrogens is 1. The first-order chi connectivity index (χ1) is 13.5. The van der Waals surface area contributed by atoms with E-state index in [-0.39, 0.29) is 18.2 Å². The monoisotopic (exact) mass is 415 g/mol. The number of carbonyl (C=O) groups is 3. The van der Waals surface area contributed by atoms with E-state index in [9.17, 15) is 14.4 Å². The van der Waals surface area contributed by atoms with Crippen LogP contribution in [0.15, 0.2) is 52.9 Å². The number of hydrogen-bond donors (Lipinski definition) is 2. The topological polar surface area (TPSA) is 97.4 Å². The van der Waals surface area contributed by atoms with Crippen molar-refractivity contribution in [2.24, 2.45) is 0 Å². The fourth-order valence-corrected chi connectivity index (χ4v) is 4.17. The van der Waals surface area contributed by atoms with Crippen molar-refractivity contribution in [3.8, 4) is 0 Å².